The molecule has 3 heteroatoms. The first kappa shape index (κ1) is 39.7. The standard InChI is InChI=1S/C57H59BN2/c1-34-24-37(4)54(38(5)25-34)59-49-30-43(41-20-16-14-17-21-41)45(56(8,9)10)32-47(49)58-48-33-46(57(11,12)13)44(42-22-18-15-19-23-42)31-50(48)60(52-29-36(3)28-51(59)53(52)58)55-39(6)26-35(2)27-40(55)7/h14-33H,1-13H3. The molecular formula is C57H59BN2. The minimum Gasteiger partial charge on any atom is -0.311 e. The quantitative estimate of drug-likeness (QED) is 0.164. The summed E-state index contributed by atoms with van der Waals surface area (Å²) >= 11 is 0. The summed E-state index contributed by atoms with van der Waals surface area (Å²) in [6.45, 7) is 30.2. The second-order valence-electron chi connectivity index (χ2n) is 20.0. The van der Waals surface area contributed by atoms with E-state index < -0.39 is 0 Å². The van der Waals surface area contributed by atoms with Crippen molar-refractivity contribution in [2.45, 2.75) is 101 Å². The summed E-state index contributed by atoms with van der Waals surface area (Å²) in [6, 6.07) is 46.8. The molecule has 0 unspecified atom stereocenters. The Labute approximate surface area is 360 Å². The van der Waals surface area contributed by atoms with Gasteiger partial charge in [0.2, 0.25) is 0 Å². The number of hydrogen-bond donors (Lipinski definition) is 0. The molecule has 2 nitrogen and oxygen atoms in total. The van der Waals surface area contributed by atoms with E-state index in [1.807, 2.05) is 0 Å². The lowest BCUT2D eigenvalue weighted by Gasteiger charge is -2.46. The summed E-state index contributed by atoms with van der Waals surface area (Å²) in [5.74, 6) is 0. The zero-order valence-electron chi connectivity index (χ0n) is 38.0. The summed E-state index contributed by atoms with van der Waals surface area (Å²) < 4.78 is 0. The smallest absolute Gasteiger partial charge is 0.252 e. The van der Waals surface area contributed by atoms with Gasteiger partial charge in [-0.1, -0.05) is 150 Å². The summed E-state index contributed by atoms with van der Waals surface area (Å²) in [5.41, 5.74) is 28.3. The fourth-order valence-electron chi connectivity index (χ4n) is 10.7. The van der Waals surface area contributed by atoms with E-state index >= 15 is 0 Å². The molecule has 0 fully saturated rings. The molecule has 0 bridgehead atoms. The molecular weight excluding hydrogens is 723 g/mol. The van der Waals surface area contributed by atoms with Gasteiger partial charge >= 0.3 is 0 Å². The molecule has 7 aromatic carbocycles. The molecule has 0 aliphatic carbocycles. The predicted molar refractivity (Wildman–Crippen MR) is 262 cm³/mol. The SMILES string of the molecule is Cc1cc(C)c(N2c3cc(-c4ccccc4)c(C(C)(C)C)cc3B3c4cc(C(C)(C)C)c(-c5ccccc5)cc4N(c4c(C)cc(C)cc4C)c4cc(C)cc2c43)c(C)c1. The van der Waals surface area contributed by atoms with Crippen molar-refractivity contribution in [1.29, 1.82) is 0 Å². The Morgan fingerprint density at radius 2 is 0.717 bits per heavy atom. The van der Waals surface area contributed by atoms with Gasteiger partial charge in [0.25, 0.3) is 6.71 Å². The largest absolute Gasteiger partial charge is 0.311 e. The van der Waals surface area contributed by atoms with Gasteiger partial charge in [-0.15, -0.1) is 0 Å². The van der Waals surface area contributed by atoms with Crippen molar-refractivity contribution >= 4 is 57.2 Å². The van der Waals surface area contributed by atoms with Gasteiger partial charge in [-0.05, 0) is 161 Å². The Kier molecular flexibility index (Phi) is 9.36. The number of nitrogens with zero attached hydrogens (tertiary/aromatic N) is 2. The highest BCUT2D eigenvalue weighted by Gasteiger charge is 2.46. The Morgan fingerprint density at radius 3 is 1.05 bits per heavy atom. The number of hydrogen-bond acceptors (Lipinski definition) is 2. The van der Waals surface area contributed by atoms with Crippen LogP contribution in [-0.2, 0) is 10.8 Å². The second-order valence-corrected chi connectivity index (χ2v) is 20.0. The number of fused-ring (bicyclic) bond motifs is 4. The molecule has 300 valence electrons. The van der Waals surface area contributed by atoms with Crippen molar-refractivity contribution in [2.75, 3.05) is 9.80 Å². The van der Waals surface area contributed by atoms with Crippen LogP contribution >= 0.6 is 0 Å². The van der Waals surface area contributed by atoms with Crippen molar-refractivity contribution in [2.24, 2.45) is 0 Å². The number of aryl methyl sites for hydroxylation is 7. The maximum atomic E-state index is 2.64. The number of rotatable bonds is 4. The fourth-order valence-corrected chi connectivity index (χ4v) is 10.7. The Morgan fingerprint density at radius 1 is 0.383 bits per heavy atom. The van der Waals surface area contributed by atoms with Gasteiger partial charge in [0.15, 0.2) is 0 Å². The first-order chi connectivity index (χ1) is 28.4. The average molecular weight is 783 g/mol. The zero-order valence-corrected chi connectivity index (χ0v) is 38.0. The molecule has 0 radical (unpaired) electrons. The molecule has 60 heavy (non-hydrogen) atoms. The van der Waals surface area contributed by atoms with E-state index in [9.17, 15) is 0 Å². The maximum Gasteiger partial charge on any atom is 0.252 e. The van der Waals surface area contributed by atoms with Crippen LogP contribution in [0.15, 0.2) is 121 Å². The average Bonchev–Trinajstić information content (AvgIpc) is 3.17. The first-order valence-corrected chi connectivity index (χ1v) is 21.8. The van der Waals surface area contributed by atoms with Crippen LogP contribution in [-0.4, -0.2) is 6.71 Å². The highest BCUT2D eigenvalue weighted by atomic mass is 15.2. The lowest BCUT2D eigenvalue weighted by atomic mass is 9.33. The minimum absolute atomic E-state index is 0.00191. The van der Waals surface area contributed by atoms with Gasteiger partial charge in [0.1, 0.15) is 0 Å². The van der Waals surface area contributed by atoms with Crippen LogP contribution in [0.1, 0.15) is 91.6 Å². The van der Waals surface area contributed by atoms with E-state index in [1.165, 1.54) is 123 Å². The molecule has 0 amide bonds. The Bertz CT molecular complexity index is 2610. The van der Waals surface area contributed by atoms with Crippen molar-refractivity contribution in [3.8, 4) is 22.3 Å². The summed E-state index contributed by atoms with van der Waals surface area (Å²) in [5, 5.41) is 0. The van der Waals surface area contributed by atoms with Gasteiger partial charge in [0.05, 0.1) is 11.4 Å². The van der Waals surface area contributed by atoms with Crippen LogP contribution in [0.25, 0.3) is 22.3 Å². The predicted octanol–water partition coefficient (Wildman–Crippen LogP) is 13.9. The molecule has 2 heterocycles. The molecule has 9 rings (SSSR count). The van der Waals surface area contributed by atoms with Crippen molar-refractivity contribution in [3.05, 3.63) is 171 Å². The van der Waals surface area contributed by atoms with E-state index in [2.05, 4.69) is 221 Å². The highest BCUT2D eigenvalue weighted by Crippen LogP contribution is 2.50. The lowest BCUT2D eigenvalue weighted by molar-refractivity contribution is 0.592. The second kappa shape index (κ2) is 14.2. The summed E-state index contributed by atoms with van der Waals surface area (Å²) in [4.78, 5) is 5.28. The highest BCUT2D eigenvalue weighted by molar-refractivity contribution is 7.00. The van der Waals surface area contributed by atoms with Crippen LogP contribution in [0, 0.1) is 48.5 Å². The Balaban J connectivity index is 1.49. The topological polar surface area (TPSA) is 6.48 Å². The third-order valence-corrected chi connectivity index (χ3v) is 13.0. The van der Waals surface area contributed by atoms with E-state index in [1.54, 1.807) is 0 Å². The third kappa shape index (κ3) is 6.40. The van der Waals surface area contributed by atoms with Crippen LogP contribution in [0.2, 0.25) is 0 Å². The molecule has 0 atom stereocenters. The van der Waals surface area contributed by atoms with Crippen LogP contribution in [0.4, 0.5) is 34.1 Å². The molecule has 2 aliphatic rings. The lowest BCUT2D eigenvalue weighted by Crippen LogP contribution is -2.62. The minimum atomic E-state index is -0.107. The van der Waals surface area contributed by atoms with Crippen molar-refractivity contribution in [3.63, 3.8) is 0 Å². The van der Waals surface area contributed by atoms with Crippen LogP contribution < -0.4 is 26.2 Å². The van der Waals surface area contributed by atoms with Crippen molar-refractivity contribution < 1.29 is 0 Å². The van der Waals surface area contributed by atoms with E-state index in [0.29, 0.717) is 0 Å². The molecule has 2 aliphatic heterocycles. The molecule has 0 spiro atoms. The number of benzene rings is 7. The molecule has 0 saturated heterocycles. The van der Waals surface area contributed by atoms with Gasteiger partial charge in [-0.2, -0.15) is 0 Å². The fraction of sp³-hybridized carbons (Fsp3) is 0.263. The monoisotopic (exact) mass is 782 g/mol. The summed E-state index contributed by atoms with van der Waals surface area (Å²) in [6.07, 6.45) is 0. The van der Waals surface area contributed by atoms with Gasteiger partial charge in [-0.25, -0.2) is 0 Å². The van der Waals surface area contributed by atoms with E-state index in [4.69, 9.17) is 0 Å². The number of anilines is 6. The Hall–Kier alpha value is -5.80. The van der Waals surface area contributed by atoms with Gasteiger partial charge in [-0.3, -0.25) is 0 Å². The maximum absolute atomic E-state index is 2.64. The first-order valence-electron chi connectivity index (χ1n) is 21.8. The van der Waals surface area contributed by atoms with E-state index in [0.717, 1.165) is 0 Å². The van der Waals surface area contributed by atoms with Gasteiger partial charge in [0, 0.05) is 22.7 Å². The zero-order chi connectivity index (χ0) is 42.6. The van der Waals surface area contributed by atoms with Crippen LogP contribution in [0.3, 0.4) is 0 Å². The van der Waals surface area contributed by atoms with E-state index in [-0.39, 0.29) is 17.5 Å². The van der Waals surface area contributed by atoms with Crippen molar-refractivity contribution in [1.82, 2.24) is 0 Å². The third-order valence-electron chi connectivity index (χ3n) is 13.0. The molecule has 0 aromatic heterocycles. The molecule has 7 aromatic rings. The normalized spacial score (nSPS) is 13.3. The van der Waals surface area contributed by atoms with Gasteiger partial charge < -0.3 is 9.80 Å². The van der Waals surface area contributed by atoms with Crippen LogP contribution in [0.5, 0.6) is 0 Å². The molecule has 0 N–H and O–H groups in total. The summed E-state index contributed by atoms with van der Waals surface area (Å²) in [7, 11) is 0. The molecule has 0 saturated carbocycles.